The van der Waals surface area contributed by atoms with Crippen molar-refractivity contribution >= 4 is 28.5 Å². The van der Waals surface area contributed by atoms with E-state index in [0.29, 0.717) is 27.9 Å². The first-order chi connectivity index (χ1) is 15.3. The number of nitrogens with zero attached hydrogens (tertiary/aromatic N) is 3. The summed E-state index contributed by atoms with van der Waals surface area (Å²) >= 11 is 0. The second-order valence-corrected chi connectivity index (χ2v) is 7.76. The van der Waals surface area contributed by atoms with Crippen molar-refractivity contribution in [2.24, 2.45) is 0 Å². The minimum absolute atomic E-state index is 0.0701. The maximum Gasteiger partial charge on any atom is 0.355 e. The Bertz CT molecular complexity index is 1430. The molecule has 32 heavy (non-hydrogen) atoms. The molecule has 3 aromatic rings. The van der Waals surface area contributed by atoms with Gasteiger partial charge in [0.15, 0.2) is 0 Å². The molecule has 5 rings (SSSR count). The predicted molar refractivity (Wildman–Crippen MR) is 111 cm³/mol. The number of aromatic nitrogens is 2. The molecule has 2 aliphatic rings. The zero-order valence-corrected chi connectivity index (χ0v) is 17.2. The number of cyclic esters (lactones) is 1. The third kappa shape index (κ3) is 2.58. The van der Waals surface area contributed by atoms with E-state index in [2.05, 4.69) is 4.98 Å². The van der Waals surface area contributed by atoms with Gasteiger partial charge in [0.25, 0.3) is 11.2 Å². The summed E-state index contributed by atoms with van der Waals surface area (Å²) in [6.45, 7) is 2.80. The molecule has 1 aromatic carbocycles. The zero-order valence-electron chi connectivity index (χ0n) is 17.2. The van der Waals surface area contributed by atoms with Crippen LogP contribution in [0.1, 0.15) is 37.0 Å². The van der Waals surface area contributed by atoms with Crippen molar-refractivity contribution in [2.45, 2.75) is 39.0 Å². The monoisotopic (exact) mass is 435 g/mol. The Hall–Kier alpha value is -4.08. The average Bonchev–Trinajstić information content (AvgIpc) is 3.11. The highest BCUT2D eigenvalue weighted by molar-refractivity contribution is 5.91. The van der Waals surface area contributed by atoms with E-state index >= 15 is 0 Å². The highest BCUT2D eigenvalue weighted by atomic mass is 16.6. The lowest BCUT2D eigenvalue weighted by molar-refractivity contribution is -0.383. The molecule has 0 N–H and O–H groups in total. The molecule has 0 radical (unpaired) electrons. The van der Waals surface area contributed by atoms with Gasteiger partial charge in [-0.2, -0.15) is 0 Å². The van der Waals surface area contributed by atoms with Gasteiger partial charge in [-0.1, -0.05) is 13.0 Å². The number of non-ortho nitro benzene ring substituents is 1. The summed E-state index contributed by atoms with van der Waals surface area (Å²) in [5, 5.41) is 11.8. The first-order valence-corrected chi connectivity index (χ1v) is 9.98. The lowest BCUT2D eigenvalue weighted by Gasteiger charge is -2.35. The molecule has 2 aromatic heterocycles. The van der Waals surface area contributed by atoms with Crippen molar-refractivity contribution < 1.29 is 24.0 Å². The van der Waals surface area contributed by atoms with Crippen molar-refractivity contribution in [2.75, 3.05) is 0 Å². The van der Waals surface area contributed by atoms with Crippen LogP contribution in [-0.4, -0.2) is 26.4 Å². The number of fused-ring (bicyclic) bond motifs is 5. The Morgan fingerprint density at radius 2 is 2.12 bits per heavy atom. The minimum atomic E-state index is -1.72. The van der Waals surface area contributed by atoms with Crippen LogP contribution in [0.25, 0.3) is 22.3 Å². The highest BCUT2D eigenvalue weighted by Crippen LogP contribution is 2.41. The van der Waals surface area contributed by atoms with Crippen molar-refractivity contribution in [1.82, 2.24) is 9.55 Å². The number of esters is 2. The van der Waals surface area contributed by atoms with Crippen LogP contribution in [0.4, 0.5) is 5.69 Å². The molecular formula is C22H17N3O7. The van der Waals surface area contributed by atoms with Crippen LogP contribution in [0.2, 0.25) is 0 Å². The van der Waals surface area contributed by atoms with Gasteiger partial charge in [-0.25, -0.2) is 9.78 Å². The predicted octanol–water partition coefficient (Wildman–Crippen LogP) is 2.56. The second-order valence-electron chi connectivity index (χ2n) is 7.76. The van der Waals surface area contributed by atoms with Crippen LogP contribution >= 0.6 is 0 Å². The van der Waals surface area contributed by atoms with Crippen molar-refractivity contribution in [3.63, 3.8) is 0 Å². The molecule has 2 aliphatic heterocycles. The minimum Gasteiger partial charge on any atom is -0.457 e. The number of hydrogen-bond donors (Lipinski definition) is 0. The number of nitro groups is 1. The number of pyridine rings is 2. The van der Waals surface area contributed by atoms with E-state index in [-0.39, 0.29) is 41.9 Å². The summed E-state index contributed by atoms with van der Waals surface area (Å²) in [6, 6.07) is 7.93. The number of carbonyl (C=O) groups is 2. The smallest absolute Gasteiger partial charge is 0.355 e. The molecule has 0 spiro atoms. The maximum atomic E-state index is 13.3. The topological polar surface area (TPSA) is 131 Å². The molecule has 4 heterocycles. The first kappa shape index (κ1) is 19.9. The first-order valence-electron chi connectivity index (χ1n) is 9.98. The van der Waals surface area contributed by atoms with E-state index in [0.717, 1.165) is 0 Å². The molecular weight excluding hydrogens is 418 g/mol. The summed E-state index contributed by atoms with van der Waals surface area (Å²) in [5.74, 6) is -1.40. The number of carbonyl (C=O) groups excluding carboxylic acids is 2. The Morgan fingerprint density at radius 3 is 2.81 bits per heavy atom. The number of benzene rings is 1. The Balaban J connectivity index is 1.78. The number of rotatable bonds is 3. The summed E-state index contributed by atoms with van der Waals surface area (Å²) in [6.07, 6.45) is 0.0888. The molecule has 0 saturated carbocycles. The van der Waals surface area contributed by atoms with Gasteiger partial charge in [0, 0.05) is 24.1 Å². The van der Waals surface area contributed by atoms with Gasteiger partial charge in [-0.15, -0.1) is 0 Å². The lowest BCUT2D eigenvalue weighted by Crippen LogP contribution is -2.47. The number of nitro benzene ring substituents is 1. The maximum absolute atomic E-state index is 13.3. The molecule has 0 aliphatic carbocycles. The van der Waals surface area contributed by atoms with Crippen LogP contribution in [0.5, 0.6) is 0 Å². The summed E-state index contributed by atoms with van der Waals surface area (Å²) in [5.41, 5.74) is 0.362. The van der Waals surface area contributed by atoms with E-state index < -0.39 is 22.5 Å². The standard InChI is InChI=1S/C22H17N3O7/c1-3-22(32-11(2)26)15-8-18-19-12(9-24(18)20(27)14(15)10-31-21(22)28)7-13-16(23-19)5-4-6-17(13)25(29)30/h4-8H,3,9-10H2,1-2H3. The molecule has 1 unspecified atom stereocenters. The highest BCUT2D eigenvalue weighted by Gasteiger charge is 2.50. The number of ether oxygens (including phenoxy) is 2. The quantitative estimate of drug-likeness (QED) is 0.273. The van der Waals surface area contributed by atoms with E-state index in [9.17, 15) is 24.5 Å². The van der Waals surface area contributed by atoms with E-state index in [1.807, 2.05) is 0 Å². The van der Waals surface area contributed by atoms with Gasteiger partial charge in [-0.05, 0) is 24.6 Å². The Kier molecular flexibility index (Phi) is 4.16. The third-order valence-electron chi connectivity index (χ3n) is 6.01. The molecule has 0 bridgehead atoms. The molecule has 10 heteroatoms. The Labute approximate surface area is 180 Å². The average molecular weight is 435 g/mol. The van der Waals surface area contributed by atoms with Gasteiger partial charge >= 0.3 is 11.9 Å². The molecule has 10 nitrogen and oxygen atoms in total. The van der Waals surface area contributed by atoms with Gasteiger partial charge < -0.3 is 14.0 Å². The fourth-order valence-corrected chi connectivity index (χ4v) is 4.55. The van der Waals surface area contributed by atoms with Crippen LogP contribution in [0.3, 0.4) is 0 Å². The number of hydrogen-bond acceptors (Lipinski definition) is 8. The van der Waals surface area contributed by atoms with Crippen molar-refractivity contribution in [3.8, 4) is 11.4 Å². The van der Waals surface area contributed by atoms with E-state index in [1.165, 1.54) is 17.6 Å². The largest absolute Gasteiger partial charge is 0.457 e. The SMILES string of the molecule is CCC1(OC(C)=O)C(=O)OCc2c1cc1n(c2=O)Cc2cc3c([N+](=O)[O-])cccc3nc2-1. The van der Waals surface area contributed by atoms with Crippen LogP contribution in [0.15, 0.2) is 35.1 Å². The normalized spacial score (nSPS) is 18.5. The molecule has 0 amide bonds. The van der Waals surface area contributed by atoms with Crippen molar-refractivity contribution in [1.29, 1.82) is 0 Å². The van der Waals surface area contributed by atoms with Crippen molar-refractivity contribution in [3.05, 3.63) is 67.5 Å². The molecule has 162 valence electrons. The Morgan fingerprint density at radius 1 is 1.34 bits per heavy atom. The van der Waals surface area contributed by atoms with E-state index in [4.69, 9.17) is 9.47 Å². The van der Waals surface area contributed by atoms with Crippen LogP contribution < -0.4 is 5.56 Å². The van der Waals surface area contributed by atoms with Gasteiger partial charge in [0.1, 0.15) is 6.61 Å². The van der Waals surface area contributed by atoms with Crippen LogP contribution in [-0.2, 0) is 37.8 Å². The molecule has 0 fully saturated rings. The summed E-state index contributed by atoms with van der Waals surface area (Å²) in [7, 11) is 0. The summed E-state index contributed by atoms with van der Waals surface area (Å²) < 4.78 is 12.1. The van der Waals surface area contributed by atoms with Gasteiger partial charge in [0.05, 0.1) is 39.3 Å². The second kappa shape index (κ2) is 6.71. The summed E-state index contributed by atoms with van der Waals surface area (Å²) in [4.78, 5) is 53.4. The molecule has 0 saturated heterocycles. The van der Waals surface area contributed by atoms with E-state index in [1.54, 1.807) is 31.2 Å². The third-order valence-corrected chi connectivity index (χ3v) is 6.01. The fraction of sp³-hybridized carbons (Fsp3) is 0.273. The fourth-order valence-electron chi connectivity index (χ4n) is 4.55. The zero-order chi connectivity index (χ0) is 22.8. The van der Waals surface area contributed by atoms with Gasteiger partial charge in [0.2, 0.25) is 5.60 Å². The van der Waals surface area contributed by atoms with Crippen LogP contribution in [0, 0.1) is 10.1 Å². The lowest BCUT2D eigenvalue weighted by atomic mass is 9.85. The molecule has 1 atom stereocenters. The van der Waals surface area contributed by atoms with Gasteiger partial charge in [-0.3, -0.25) is 19.7 Å².